The molecule has 0 bridgehead atoms. The summed E-state index contributed by atoms with van der Waals surface area (Å²) in [6, 6.07) is 1.90. The number of nitrogens with one attached hydrogen (secondary N) is 2. The van der Waals surface area contributed by atoms with Gasteiger partial charge in [0.05, 0.1) is 5.69 Å². The SMILES string of the molecule is COCCC(NC(=O)Nc1c(Br)cc(Br)cc1Br)C(=O)O. The van der Waals surface area contributed by atoms with Crippen LogP contribution < -0.4 is 10.6 Å². The Morgan fingerprint density at radius 2 is 1.86 bits per heavy atom. The quantitative estimate of drug-likeness (QED) is 0.571. The molecule has 0 spiro atoms. The summed E-state index contributed by atoms with van der Waals surface area (Å²) in [5.74, 6) is -1.11. The first kappa shape index (κ1) is 18.4. The van der Waals surface area contributed by atoms with E-state index in [0.717, 1.165) is 4.47 Å². The highest BCUT2D eigenvalue weighted by molar-refractivity contribution is 9.11. The van der Waals surface area contributed by atoms with Gasteiger partial charge in [-0.25, -0.2) is 9.59 Å². The molecule has 0 radical (unpaired) electrons. The van der Waals surface area contributed by atoms with E-state index in [0.29, 0.717) is 14.6 Å². The summed E-state index contributed by atoms with van der Waals surface area (Å²) in [5, 5.41) is 14.0. The number of carboxylic acids is 1. The highest BCUT2D eigenvalue weighted by Crippen LogP contribution is 2.34. The number of methoxy groups -OCH3 is 1. The van der Waals surface area contributed by atoms with Gasteiger partial charge >= 0.3 is 12.0 Å². The monoisotopic (exact) mass is 486 g/mol. The van der Waals surface area contributed by atoms with E-state index in [-0.39, 0.29) is 13.0 Å². The maximum atomic E-state index is 11.9. The molecule has 3 N–H and O–H groups in total. The summed E-state index contributed by atoms with van der Waals surface area (Å²) < 4.78 is 6.96. The maximum absolute atomic E-state index is 11.9. The summed E-state index contributed by atoms with van der Waals surface area (Å²) in [5.41, 5.74) is 0.506. The van der Waals surface area contributed by atoms with Crippen molar-refractivity contribution in [3.8, 4) is 0 Å². The second-order valence-corrected chi connectivity index (χ2v) is 6.64. The van der Waals surface area contributed by atoms with E-state index in [1.54, 1.807) is 12.1 Å². The van der Waals surface area contributed by atoms with Gasteiger partial charge in [0.15, 0.2) is 0 Å². The molecule has 2 amide bonds. The van der Waals surface area contributed by atoms with Gasteiger partial charge in [0, 0.05) is 33.6 Å². The van der Waals surface area contributed by atoms with Crippen LogP contribution in [0.1, 0.15) is 6.42 Å². The summed E-state index contributed by atoms with van der Waals surface area (Å²) >= 11 is 9.97. The molecule has 1 atom stereocenters. The Balaban J connectivity index is 2.74. The minimum absolute atomic E-state index is 0.182. The average molecular weight is 489 g/mol. The van der Waals surface area contributed by atoms with Gasteiger partial charge in [-0.1, -0.05) is 15.9 Å². The van der Waals surface area contributed by atoms with Crippen LogP contribution in [0, 0.1) is 0 Å². The zero-order valence-corrected chi connectivity index (χ0v) is 15.7. The summed E-state index contributed by atoms with van der Waals surface area (Å²) in [7, 11) is 1.47. The predicted octanol–water partition coefficient (Wildman–Crippen LogP) is 3.59. The first-order valence-corrected chi connectivity index (χ1v) is 8.17. The normalized spacial score (nSPS) is 11.8. The third kappa shape index (κ3) is 5.93. The van der Waals surface area contributed by atoms with E-state index < -0.39 is 18.0 Å². The van der Waals surface area contributed by atoms with Crippen LogP contribution in [0.3, 0.4) is 0 Å². The van der Waals surface area contributed by atoms with Crippen LogP contribution in [0.2, 0.25) is 0 Å². The molecule has 0 aliphatic heterocycles. The zero-order chi connectivity index (χ0) is 16.0. The fourth-order valence-electron chi connectivity index (χ4n) is 1.46. The number of aliphatic carboxylic acids is 1. The lowest BCUT2D eigenvalue weighted by Gasteiger charge is -2.16. The Kier molecular flexibility index (Phi) is 7.64. The van der Waals surface area contributed by atoms with Crippen molar-refractivity contribution in [2.75, 3.05) is 19.0 Å². The Morgan fingerprint density at radius 3 is 2.33 bits per heavy atom. The average Bonchev–Trinajstić information content (AvgIpc) is 2.38. The van der Waals surface area contributed by atoms with Crippen LogP contribution in [0.15, 0.2) is 25.6 Å². The van der Waals surface area contributed by atoms with Gasteiger partial charge in [-0.3, -0.25) is 0 Å². The number of rotatable bonds is 6. The number of benzene rings is 1. The van der Waals surface area contributed by atoms with E-state index in [1.807, 2.05) is 0 Å². The van der Waals surface area contributed by atoms with Gasteiger partial charge in [0.2, 0.25) is 0 Å². The molecular formula is C12H13Br3N2O4. The minimum atomic E-state index is -1.11. The van der Waals surface area contributed by atoms with Gasteiger partial charge in [0.1, 0.15) is 6.04 Å². The molecule has 0 fully saturated rings. The number of hydrogen-bond acceptors (Lipinski definition) is 3. The molecular weight excluding hydrogens is 476 g/mol. The molecule has 116 valence electrons. The molecule has 0 saturated heterocycles. The standard InChI is InChI=1S/C12H13Br3N2O4/c1-21-3-2-9(11(18)19)16-12(20)17-10-7(14)4-6(13)5-8(10)15/h4-5,9H,2-3H2,1H3,(H,18,19)(H2,16,17,20). The van der Waals surface area contributed by atoms with Gasteiger partial charge < -0.3 is 20.5 Å². The zero-order valence-electron chi connectivity index (χ0n) is 11.0. The van der Waals surface area contributed by atoms with Crippen molar-refractivity contribution >= 4 is 65.5 Å². The highest BCUT2D eigenvalue weighted by Gasteiger charge is 2.20. The van der Waals surface area contributed by atoms with Crippen LogP contribution in [0.5, 0.6) is 0 Å². The predicted molar refractivity (Wildman–Crippen MR) is 89.6 cm³/mol. The van der Waals surface area contributed by atoms with Crippen molar-refractivity contribution in [3.63, 3.8) is 0 Å². The molecule has 9 heteroatoms. The molecule has 1 rings (SSSR count). The highest BCUT2D eigenvalue weighted by atomic mass is 79.9. The van der Waals surface area contributed by atoms with Crippen molar-refractivity contribution in [1.29, 1.82) is 0 Å². The summed E-state index contributed by atoms with van der Waals surface area (Å²) in [6.45, 7) is 0.239. The van der Waals surface area contributed by atoms with Crippen molar-refractivity contribution < 1.29 is 19.4 Å². The Morgan fingerprint density at radius 1 is 1.29 bits per heavy atom. The van der Waals surface area contributed by atoms with Crippen LogP contribution in [-0.4, -0.2) is 36.9 Å². The number of ether oxygens (including phenoxy) is 1. The Labute approximate surface area is 147 Å². The van der Waals surface area contributed by atoms with Crippen molar-refractivity contribution in [2.45, 2.75) is 12.5 Å². The molecule has 1 aromatic rings. The number of anilines is 1. The third-order valence-electron chi connectivity index (χ3n) is 2.46. The summed E-state index contributed by atoms with van der Waals surface area (Å²) in [6.07, 6.45) is 0.182. The van der Waals surface area contributed by atoms with Crippen LogP contribution in [0.25, 0.3) is 0 Å². The molecule has 6 nitrogen and oxygen atoms in total. The lowest BCUT2D eigenvalue weighted by atomic mass is 10.2. The van der Waals surface area contributed by atoms with E-state index in [2.05, 4.69) is 58.4 Å². The molecule has 0 aliphatic rings. The van der Waals surface area contributed by atoms with E-state index in [1.165, 1.54) is 7.11 Å². The lowest BCUT2D eigenvalue weighted by molar-refractivity contribution is -0.139. The molecule has 1 unspecified atom stereocenters. The Hall–Kier alpha value is -0.640. The number of carbonyl (C=O) groups is 2. The maximum Gasteiger partial charge on any atom is 0.326 e. The van der Waals surface area contributed by atoms with Gasteiger partial charge in [-0.2, -0.15) is 0 Å². The van der Waals surface area contributed by atoms with E-state index in [9.17, 15) is 9.59 Å². The van der Waals surface area contributed by atoms with E-state index in [4.69, 9.17) is 9.84 Å². The minimum Gasteiger partial charge on any atom is -0.480 e. The molecule has 21 heavy (non-hydrogen) atoms. The van der Waals surface area contributed by atoms with Crippen molar-refractivity contribution in [3.05, 3.63) is 25.6 Å². The molecule has 0 aromatic heterocycles. The third-order valence-corrected chi connectivity index (χ3v) is 4.17. The summed E-state index contributed by atoms with van der Waals surface area (Å²) in [4.78, 5) is 22.9. The molecule has 1 aromatic carbocycles. The van der Waals surface area contributed by atoms with Gasteiger partial charge in [0.25, 0.3) is 0 Å². The van der Waals surface area contributed by atoms with Crippen LogP contribution in [0.4, 0.5) is 10.5 Å². The number of hydrogen-bond donors (Lipinski definition) is 3. The topological polar surface area (TPSA) is 87.7 Å². The second-order valence-electron chi connectivity index (χ2n) is 4.02. The first-order chi connectivity index (χ1) is 9.85. The lowest BCUT2D eigenvalue weighted by Crippen LogP contribution is -2.43. The van der Waals surface area contributed by atoms with Gasteiger partial charge in [-0.05, 0) is 44.0 Å². The number of halogens is 3. The number of urea groups is 1. The smallest absolute Gasteiger partial charge is 0.326 e. The van der Waals surface area contributed by atoms with Crippen LogP contribution >= 0.6 is 47.8 Å². The second kappa shape index (κ2) is 8.72. The first-order valence-electron chi connectivity index (χ1n) is 5.79. The van der Waals surface area contributed by atoms with E-state index >= 15 is 0 Å². The Bertz CT molecular complexity index is 516. The number of carbonyl (C=O) groups excluding carboxylic acids is 1. The fraction of sp³-hybridized carbons (Fsp3) is 0.333. The number of amides is 2. The van der Waals surface area contributed by atoms with Crippen molar-refractivity contribution in [1.82, 2.24) is 5.32 Å². The molecule has 0 heterocycles. The largest absolute Gasteiger partial charge is 0.480 e. The number of carboxylic acid groups (broad SMARTS) is 1. The van der Waals surface area contributed by atoms with Crippen molar-refractivity contribution in [2.24, 2.45) is 0 Å². The van der Waals surface area contributed by atoms with Crippen LogP contribution in [-0.2, 0) is 9.53 Å². The van der Waals surface area contributed by atoms with Gasteiger partial charge in [-0.15, -0.1) is 0 Å². The molecule has 0 saturated carbocycles. The fourth-order valence-corrected chi connectivity index (χ4v) is 3.92. The molecule has 0 aliphatic carbocycles.